The van der Waals surface area contributed by atoms with Gasteiger partial charge in [-0.05, 0) is 12.5 Å². The Kier molecular flexibility index (Phi) is 4.27. The standard InChI is InChI=1S/C15H21N3O2/c1-11-5-7-12(8-6-11)14-9-13(20-16-14)10-18(4)15(19)17(2)3/h5-8,13H,9-10H2,1-4H3. The molecule has 1 aromatic rings. The summed E-state index contributed by atoms with van der Waals surface area (Å²) in [5.74, 6) is 0. The van der Waals surface area contributed by atoms with E-state index < -0.39 is 0 Å². The van der Waals surface area contributed by atoms with Crippen LogP contribution in [0.25, 0.3) is 0 Å². The van der Waals surface area contributed by atoms with Crippen molar-refractivity contribution in [3.05, 3.63) is 35.4 Å². The van der Waals surface area contributed by atoms with E-state index in [2.05, 4.69) is 36.3 Å². The number of carbonyl (C=O) groups excluding carboxylic acids is 1. The molecule has 20 heavy (non-hydrogen) atoms. The number of hydrogen-bond donors (Lipinski definition) is 0. The molecule has 0 spiro atoms. The molecule has 1 aromatic carbocycles. The minimum absolute atomic E-state index is 0.0302. The number of likely N-dealkylation sites (N-methyl/N-ethyl adjacent to an activating group) is 1. The van der Waals surface area contributed by atoms with Crippen LogP contribution in [0.2, 0.25) is 0 Å². The molecule has 108 valence electrons. The Morgan fingerprint density at radius 2 is 1.95 bits per heavy atom. The lowest BCUT2D eigenvalue weighted by Gasteiger charge is -2.23. The largest absolute Gasteiger partial charge is 0.390 e. The highest BCUT2D eigenvalue weighted by atomic mass is 16.6. The normalized spacial score (nSPS) is 17.4. The van der Waals surface area contributed by atoms with E-state index in [4.69, 9.17) is 4.84 Å². The number of oxime groups is 1. The molecule has 0 radical (unpaired) electrons. The quantitative estimate of drug-likeness (QED) is 0.848. The first-order valence-corrected chi connectivity index (χ1v) is 6.69. The summed E-state index contributed by atoms with van der Waals surface area (Å²) in [5, 5.41) is 4.14. The number of benzene rings is 1. The van der Waals surface area contributed by atoms with Gasteiger partial charge in [0.2, 0.25) is 0 Å². The van der Waals surface area contributed by atoms with Gasteiger partial charge in [-0.25, -0.2) is 4.79 Å². The summed E-state index contributed by atoms with van der Waals surface area (Å²) in [4.78, 5) is 20.4. The fourth-order valence-electron chi connectivity index (χ4n) is 2.17. The smallest absolute Gasteiger partial charge is 0.319 e. The van der Waals surface area contributed by atoms with Crippen LogP contribution in [-0.2, 0) is 4.84 Å². The van der Waals surface area contributed by atoms with Crippen molar-refractivity contribution < 1.29 is 9.63 Å². The summed E-state index contributed by atoms with van der Waals surface area (Å²) in [6.07, 6.45) is 0.661. The second kappa shape index (κ2) is 5.94. The maximum absolute atomic E-state index is 11.8. The van der Waals surface area contributed by atoms with Gasteiger partial charge in [0.1, 0.15) is 0 Å². The molecule has 5 heteroatoms. The third-order valence-corrected chi connectivity index (χ3v) is 3.30. The molecule has 1 atom stereocenters. The van der Waals surface area contributed by atoms with E-state index >= 15 is 0 Å². The van der Waals surface area contributed by atoms with Crippen LogP contribution in [0.1, 0.15) is 17.5 Å². The molecule has 1 unspecified atom stereocenters. The monoisotopic (exact) mass is 275 g/mol. The van der Waals surface area contributed by atoms with Gasteiger partial charge in [0.25, 0.3) is 0 Å². The number of rotatable bonds is 3. The molecule has 2 amide bonds. The average Bonchev–Trinajstić information content (AvgIpc) is 2.87. The average molecular weight is 275 g/mol. The molecule has 0 aliphatic carbocycles. The third-order valence-electron chi connectivity index (χ3n) is 3.30. The second-order valence-corrected chi connectivity index (χ2v) is 5.39. The van der Waals surface area contributed by atoms with E-state index in [1.165, 1.54) is 5.56 Å². The molecule has 0 aromatic heterocycles. The molecule has 0 fully saturated rings. The Morgan fingerprint density at radius 1 is 1.30 bits per heavy atom. The van der Waals surface area contributed by atoms with Crippen LogP contribution in [0.3, 0.4) is 0 Å². The van der Waals surface area contributed by atoms with Crippen LogP contribution in [0, 0.1) is 6.92 Å². The second-order valence-electron chi connectivity index (χ2n) is 5.39. The van der Waals surface area contributed by atoms with E-state index in [1.54, 1.807) is 30.9 Å². The Hall–Kier alpha value is -2.04. The molecular formula is C15H21N3O2. The van der Waals surface area contributed by atoms with Crippen molar-refractivity contribution in [1.82, 2.24) is 9.80 Å². The van der Waals surface area contributed by atoms with E-state index in [1.807, 2.05) is 0 Å². The van der Waals surface area contributed by atoms with Crippen molar-refractivity contribution in [2.45, 2.75) is 19.4 Å². The first-order chi connectivity index (χ1) is 9.47. The summed E-state index contributed by atoms with van der Waals surface area (Å²) < 4.78 is 0. The number of urea groups is 1. The van der Waals surface area contributed by atoms with Crippen LogP contribution < -0.4 is 0 Å². The Morgan fingerprint density at radius 3 is 2.55 bits per heavy atom. The molecule has 2 rings (SSSR count). The molecule has 0 N–H and O–H groups in total. The topological polar surface area (TPSA) is 45.1 Å². The third kappa shape index (κ3) is 3.29. The van der Waals surface area contributed by atoms with Crippen molar-refractivity contribution in [2.24, 2.45) is 5.16 Å². The Labute approximate surface area is 119 Å². The van der Waals surface area contributed by atoms with Gasteiger partial charge in [-0.2, -0.15) is 0 Å². The minimum atomic E-state index is -0.0693. The molecule has 1 heterocycles. The molecule has 0 bridgehead atoms. The van der Waals surface area contributed by atoms with Crippen molar-refractivity contribution in [1.29, 1.82) is 0 Å². The predicted molar refractivity (Wildman–Crippen MR) is 78.9 cm³/mol. The van der Waals surface area contributed by atoms with Crippen LogP contribution in [0.5, 0.6) is 0 Å². The summed E-state index contributed by atoms with van der Waals surface area (Å²) in [6, 6.07) is 8.19. The molecular weight excluding hydrogens is 254 g/mol. The lowest BCUT2D eigenvalue weighted by molar-refractivity contribution is 0.0625. The fraction of sp³-hybridized carbons (Fsp3) is 0.467. The SMILES string of the molecule is Cc1ccc(C2=NOC(CN(C)C(=O)N(C)C)C2)cc1. The number of hydrogen-bond acceptors (Lipinski definition) is 3. The lowest BCUT2D eigenvalue weighted by Crippen LogP contribution is -2.40. The minimum Gasteiger partial charge on any atom is -0.390 e. The maximum Gasteiger partial charge on any atom is 0.319 e. The van der Waals surface area contributed by atoms with Crippen LogP contribution >= 0.6 is 0 Å². The Bertz CT molecular complexity index is 508. The molecule has 1 aliphatic heterocycles. The van der Waals surface area contributed by atoms with E-state index in [0.717, 1.165) is 17.7 Å². The van der Waals surface area contributed by atoms with Gasteiger partial charge < -0.3 is 14.6 Å². The summed E-state index contributed by atoms with van der Waals surface area (Å²) in [5.41, 5.74) is 3.25. The highest BCUT2D eigenvalue weighted by Crippen LogP contribution is 2.18. The van der Waals surface area contributed by atoms with E-state index in [9.17, 15) is 4.79 Å². The van der Waals surface area contributed by atoms with E-state index in [-0.39, 0.29) is 12.1 Å². The highest BCUT2D eigenvalue weighted by Gasteiger charge is 2.25. The van der Waals surface area contributed by atoms with Crippen LogP contribution in [-0.4, -0.2) is 55.3 Å². The number of nitrogens with zero attached hydrogens (tertiary/aromatic N) is 3. The predicted octanol–water partition coefficient (Wildman–Crippen LogP) is 2.10. The van der Waals surface area contributed by atoms with Gasteiger partial charge >= 0.3 is 6.03 Å². The zero-order valence-electron chi connectivity index (χ0n) is 12.5. The van der Waals surface area contributed by atoms with Gasteiger partial charge in [-0.3, -0.25) is 0 Å². The maximum atomic E-state index is 11.8. The zero-order valence-corrected chi connectivity index (χ0v) is 12.5. The van der Waals surface area contributed by atoms with Crippen LogP contribution in [0.15, 0.2) is 29.4 Å². The van der Waals surface area contributed by atoms with Gasteiger partial charge in [-0.1, -0.05) is 35.0 Å². The van der Waals surface area contributed by atoms with Crippen molar-refractivity contribution >= 4 is 11.7 Å². The van der Waals surface area contributed by atoms with Crippen molar-refractivity contribution in [2.75, 3.05) is 27.7 Å². The number of carbonyl (C=O) groups is 1. The van der Waals surface area contributed by atoms with Gasteiger partial charge in [0.05, 0.1) is 12.3 Å². The summed E-state index contributed by atoms with van der Waals surface area (Å²) >= 11 is 0. The summed E-state index contributed by atoms with van der Waals surface area (Å²) in [6.45, 7) is 2.59. The number of amides is 2. The zero-order chi connectivity index (χ0) is 14.7. The summed E-state index contributed by atoms with van der Waals surface area (Å²) in [7, 11) is 5.25. The molecule has 0 saturated carbocycles. The molecule has 1 aliphatic rings. The van der Waals surface area contributed by atoms with Crippen LogP contribution in [0.4, 0.5) is 4.79 Å². The molecule has 0 saturated heterocycles. The first kappa shape index (κ1) is 14.4. The highest BCUT2D eigenvalue weighted by molar-refractivity contribution is 6.01. The van der Waals surface area contributed by atoms with Crippen molar-refractivity contribution in [3.63, 3.8) is 0 Å². The van der Waals surface area contributed by atoms with Gasteiger partial charge in [0.15, 0.2) is 6.10 Å². The first-order valence-electron chi connectivity index (χ1n) is 6.69. The van der Waals surface area contributed by atoms with Gasteiger partial charge in [0, 0.05) is 27.6 Å². The van der Waals surface area contributed by atoms with E-state index in [0.29, 0.717) is 6.54 Å². The lowest BCUT2D eigenvalue weighted by atomic mass is 10.0. The fourth-order valence-corrected chi connectivity index (χ4v) is 2.17. The van der Waals surface area contributed by atoms with Crippen molar-refractivity contribution in [3.8, 4) is 0 Å². The molecule has 5 nitrogen and oxygen atoms in total. The number of aryl methyl sites for hydroxylation is 1. The van der Waals surface area contributed by atoms with Gasteiger partial charge in [-0.15, -0.1) is 0 Å². The Balaban J connectivity index is 1.91.